The Morgan fingerprint density at radius 3 is 2.83 bits per heavy atom. The predicted octanol–water partition coefficient (Wildman–Crippen LogP) is 2.30. The van der Waals surface area contributed by atoms with Crippen molar-refractivity contribution in [2.24, 2.45) is 11.8 Å². The first kappa shape index (κ1) is 9.27. The van der Waals surface area contributed by atoms with Gasteiger partial charge in [0.15, 0.2) is 0 Å². The average Bonchev–Trinajstić information content (AvgIpc) is 2.17. The van der Waals surface area contributed by atoms with E-state index in [9.17, 15) is 5.11 Å². The van der Waals surface area contributed by atoms with Gasteiger partial charge in [-0.15, -0.1) is 6.58 Å². The van der Waals surface area contributed by atoms with E-state index in [1.807, 2.05) is 12.2 Å². The van der Waals surface area contributed by atoms with Crippen LogP contribution >= 0.6 is 0 Å². The zero-order valence-corrected chi connectivity index (χ0v) is 7.48. The number of rotatable bonds is 3. The summed E-state index contributed by atoms with van der Waals surface area (Å²) in [6.45, 7) is 5.64. The van der Waals surface area contributed by atoms with Crippen molar-refractivity contribution in [2.45, 2.75) is 19.4 Å². The molecule has 0 aliphatic heterocycles. The standard InChI is InChI=1S/C11H16O/c1-3-11(12)9(2)10-7-5-4-6-8-10/h3-7,9-12H,1,8H2,2H3. The van der Waals surface area contributed by atoms with Crippen molar-refractivity contribution < 1.29 is 5.11 Å². The van der Waals surface area contributed by atoms with Crippen LogP contribution in [0.2, 0.25) is 0 Å². The summed E-state index contributed by atoms with van der Waals surface area (Å²) in [5.74, 6) is 0.728. The number of aliphatic hydroxyl groups is 1. The Labute approximate surface area is 74.1 Å². The molecule has 3 atom stereocenters. The van der Waals surface area contributed by atoms with E-state index in [1.165, 1.54) is 0 Å². The molecular weight excluding hydrogens is 148 g/mol. The number of aliphatic hydroxyl groups excluding tert-OH is 1. The lowest BCUT2D eigenvalue weighted by Gasteiger charge is -2.23. The van der Waals surface area contributed by atoms with Gasteiger partial charge in [0.2, 0.25) is 0 Å². The van der Waals surface area contributed by atoms with Gasteiger partial charge in [0.25, 0.3) is 0 Å². The van der Waals surface area contributed by atoms with Crippen molar-refractivity contribution in [1.82, 2.24) is 0 Å². The Balaban J connectivity index is 2.52. The van der Waals surface area contributed by atoms with Crippen molar-refractivity contribution in [3.63, 3.8) is 0 Å². The maximum atomic E-state index is 9.50. The van der Waals surface area contributed by atoms with E-state index in [1.54, 1.807) is 6.08 Å². The molecular formula is C11H16O. The summed E-state index contributed by atoms with van der Waals surface area (Å²) < 4.78 is 0. The Morgan fingerprint density at radius 1 is 1.58 bits per heavy atom. The molecule has 1 aliphatic carbocycles. The molecule has 1 N–H and O–H groups in total. The third-order valence-corrected chi connectivity index (χ3v) is 2.47. The van der Waals surface area contributed by atoms with Gasteiger partial charge in [-0.2, -0.15) is 0 Å². The maximum absolute atomic E-state index is 9.50. The molecule has 0 radical (unpaired) electrons. The highest BCUT2D eigenvalue weighted by molar-refractivity contribution is 5.12. The predicted molar refractivity (Wildman–Crippen MR) is 51.8 cm³/mol. The highest BCUT2D eigenvalue weighted by atomic mass is 16.3. The van der Waals surface area contributed by atoms with Crippen LogP contribution in [0.3, 0.4) is 0 Å². The van der Waals surface area contributed by atoms with Crippen molar-refractivity contribution >= 4 is 0 Å². The molecule has 0 saturated carbocycles. The van der Waals surface area contributed by atoms with Gasteiger partial charge in [-0.25, -0.2) is 0 Å². The molecule has 0 saturated heterocycles. The van der Waals surface area contributed by atoms with E-state index in [0.717, 1.165) is 6.42 Å². The van der Waals surface area contributed by atoms with E-state index in [4.69, 9.17) is 0 Å². The van der Waals surface area contributed by atoms with Crippen molar-refractivity contribution in [2.75, 3.05) is 0 Å². The van der Waals surface area contributed by atoms with Crippen LogP contribution in [-0.2, 0) is 0 Å². The highest BCUT2D eigenvalue weighted by Crippen LogP contribution is 2.23. The van der Waals surface area contributed by atoms with Crippen molar-refractivity contribution in [3.8, 4) is 0 Å². The lowest BCUT2D eigenvalue weighted by atomic mass is 9.85. The Kier molecular flexibility index (Phi) is 3.30. The molecule has 0 spiro atoms. The van der Waals surface area contributed by atoms with Gasteiger partial charge in [-0.3, -0.25) is 0 Å². The number of allylic oxidation sites excluding steroid dienone is 4. The molecule has 0 aromatic heterocycles. The van der Waals surface area contributed by atoms with Crippen LogP contribution in [-0.4, -0.2) is 11.2 Å². The van der Waals surface area contributed by atoms with Gasteiger partial charge in [0, 0.05) is 0 Å². The van der Waals surface area contributed by atoms with Gasteiger partial charge in [0.1, 0.15) is 0 Å². The fourth-order valence-electron chi connectivity index (χ4n) is 1.46. The molecule has 3 unspecified atom stereocenters. The van der Waals surface area contributed by atoms with Gasteiger partial charge >= 0.3 is 0 Å². The molecule has 1 rings (SSSR count). The van der Waals surface area contributed by atoms with E-state index in [0.29, 0.717) is 5.92 Å². The number of hydrogen-bond acceptors (Lipinski definition) is 1. The molecule has 1 heteroatoms. The first-order chi connectivity index (χ1) is 5.75. The maximum Gasteiger partial charge on any atom is 0.0749 e. The van der Waals surface area contributed by atoms with Crippen LogP contribution in [0.15, 0.2) is 37.0 Å². The average molecular weight is 164 g/mol. The van der Waals surface area contributed by atoms with Gasteiger partial charge in [-0.1, -0.05) is 37.3 Å². The molecule has 1 aliphatic rings. The zero-order valence-electron chi connectivity index (χ0n) is 7.48. The van der Waals surface area contributed by atoms with Crippen LogP contribution in [0.5, 0.6) is 0 Å². The molecule has 0 aromatic rings. The topological polar surface area (TPSA) is 20.2 Å². The molecule has 0 bridgehead atoms. The summed E-state index contributed by atoms with van der Waals surface area (Å²) in [5.41, 5.74) is 0. The van der Waals surface area contributed by atoms with E-state index >= 15 is 0 Å². The fraction of sp³-hybridized carbons (Fsp3) is 0.455. The van der Waals surface area contributed by atoms with Gasteiger partial charge in [0.05, 0.1) is 6.10 Å². The minimum atomic E-state index is -0.383. The largest absolute Gasteiger partial charge is 0.389 e. The minimum absolute atomic E-state index is 0.267. The molecule has 0 amide bonds. The van der Waals surface area contributed by atoms with E-state index in [2.05, 4.69) is 25.7 Å². The van der Waals surface area contributed by atoms with E-state index < -0.39 is 0 Å². The van der Waals surface area contributed by atoms with Gasteiger partial charge < -0.3 is 5.11 Å². The first-order valence-electron chi connectivity index (χ1n) is 4.39. The quantitative estimate of drug-likeness (QED) is 0.634. The Morgan fingerprint density at radius 2 is 2.33 bits per heavy atom. The normalized spacial score (nSPS) is 26.7. The second-order valence-corrected chi connectivity index (χ2v) is 3.30. The van der Waals surface area contributed by atoms with Crippen LogP contribution in [0.4, 0.5) is 0 Å². The fourth-order valence-corrected chi connectivity index (χ4v) is 1.46. The van der Waals surface area contributed by atoms with Crippen LogP contribution < -0.4 is 0 Å². The molecule has 0 fully saturated rings. The minimum Gasteiger partial charge on any atom is -0.389 e. The summed E-state index contributed by atoms with van der Waals surface area (Å²) >= 11 is 0. The molecule has 66 valence electrons. The molecule has 0 aromatic carbocycles. The van der Waals surface area contributed by atoms with Crippen molar-refractivity contribution in [1.29, 1.82) is 0 Å². The zero-order chi connectivity index (χ0) is 8.97. The third-order valence-electron chi connectivity index (χ3n) is 2.47. The lowest BCUT2D eigenvalue weighted by molar-refractivity contribution is 0.137. The monoisotopic (exact) mass is 164 g/mol. The van der Waals surface area contributed by atoms with Crippen LogP contribution in [0, 0.1) is 11.8 Å². The summed E-state index contributed by atoms with van der Waals surface area (Å²) in [7, 11) is 0. The third kappa shape index (κ3) is 2.08. The summed E-state index contributed by atoms with van der Waals surface area (Å²) in [6, 6.07) is 0. The lowest BCUT2D eigenvalue weighted by Crippen LogP contribution is -2.22. The van der Waals surface area contributed by atoms with Crippen molar-refractivity contribution in [3.05, 3.63) is 37.0 Å². The Bertz CT molecular complexity index is 203. The second kappa shape index (κ2) is 4.27. The summed E-state index contributed by atoms with van der Waals surface area (Å²) in [6.07, 6.45) is 10.6. The van der Waals surface area contributed by atoms with E-state index in [-0.39, 0.29) is 12.0 Å². The number of hydrogen-bond donors (Lipinski definition) is 1. The molecule has 0 heterocycles. The Hall–Kier alpha value is -0.820. The summed E-state index contributed by atoms with van der Waals surface area (Å²) in [5, 5.41) is 9.50. The molecule has 1 nitrogen and oxygen atoms in total. The SMILES string of the molecule is C=CC(O)C(C)C1C=CC=CC1. The second-order valence-electron chi connectivity index (χ2n) is 3.30. The smallest absolute Gasteiger partial charge is 0.0749 e. The first-order valence-corrected chi connectivity index (χ1v) is 4.39. The van der Waals surface area contributed by atoms with Crippen LogP contribution in [0.1, 0.15) is 13.3 Å². The molecule has 12 heavy (non-hydrogen) atoms. The van der Waals surface area contributed by atoms with Gasteiger partial charge in [-0.05, 0) is 18.3 Å². The van der Waals surface area contributed by atoms with Crippen LogP contribution in [0.25, 0.3) is 0 Å². The highest BCUT2D eigenvalue weighted by Gasteiger charge is 2.19. The summed E-state index contributed by atoms with van der Waals surface area (Å²) in [4.78, 5) is 0.